The molecule has 1 aromatic rings. The van der Waals surface area contributed by atoms with Crippen molar-refractivity contribution >= 4 is 21.9 Å². The van der Waals surface area contributed by atoms with Gasteiger partial charge in [0.05, 0.1) is 5.92 Å². The molecule has 3 heteroatoms. The number of carbonyl (C=O) groups is 1. The lowest BCUT2D eigenvalue weighted by atomic mass is 9.94. The molecule has 2 rings (SSSR count). The highest BCUT2D eigenvalue weighted by Crippen LogP contribution is 2.35. The van der Waals surface area contributed by atoms with Gasteiger partial charge in [0.15, 0.2) is 0 Å². The molecule has 0 aliphatic heterocycles. The van der Waals surface area contributed by atoms with Gasteiger partial charge in [0.1, 0.15) is 0 Å². The maximum Gasteiger partial charge on any atom is 0.306 e. The van der Waals surface area contributed by atoms with E-state index in [1.807, 2.05) is 24.3 Å². The average Bonchev–Trinajstić information content (AvgIpc) is 3.07. The Morgan fingerprint density at radius 2 is 2.24 bits per heavy atom. The molecule has 17 heavy (non-hydrogen) atoms. The molecule has 0 saturated heterocycles. The molecule has 0 spiro atoms. The third-order valence-corrected chi connectivity index (χ3v) is 3.83. The van der Waals surface area contributed by atoms with Crippen LogP contribution in [0.15, 0.2) is 28.7 Å². The molecule has 92 valence electrons. The number of halogens is 1. The minimum atomic E-state index is -0.661. The summed E-state index contributed by atoms with van der Waals surface area (Å²) in [6.07, 6.45) is 5.12. The lowest BCUT2D eigenvalue weighted by Crippen LogP contribution is -2.16. The molecule has 0 heterocycles. The number of rotatable bonds is 6. The Morgan fingerprint density at radius 3 is 2.82 bits per heavy atom. The van der Waals surface area contributed by atoms with Crippen LogP contribution < -0.4 is 0 Å². The highest BCUT2D eigenvalue weighted by atomic mass is 79.9. The maximum atomic E-state index is 11.2. The van der Waals surface area contributed by atoms with E-state index >= 15 is 0 Å². The van der Waals surface area contributed by atoms with Crippen LogP contribution in [0, 0.1) is 11.8 Å². The van der Waals surface area contributed by atoms with Crippen LogP contribution in [0.4, 0.5) is 0 Å². The highest BCUT2D eigenvalue weighted by molar-refractivity contribution is 9.10. The van der Waals surface area contributed by atoms with E-state index < -0.39 is 5.97 Å². The highest BCUT2D eigenvalue weighted by Gasteiger charge is 2.25. The molecule has 1 fully saturated rings. The number of carboxylic acids is 1. The lowest BCUT2D eigenvalue weighted by molar-refractivity contribution is -0.142. The molecule has 2 nitrogen and oxygen atoms in total. The van der Waals surface area contributed by atoms with Gasteiger partial charge in [-0.3, -0.25) is 4.79 Å². The van der Waals surface area contributed by atoms with Gasteiger partial charge in [-0.25, -0.2) is 0 Å². The van der Waals surface area contributed by atoms with E-state index in [2.05, 4.69) is 15.9 Å². The molecule has 1 aliphatic rings. The van der Waals surface area contributed by atoms with Gasteiger partial charge in [-0.2, -0.15) is 0 Å². The zero-order valence-electron chi connectivity index (χ0n) is 9.73. The van der Waals surface area contributed by atoms with Gasteiger partial charge in [0, 0.05) is 4.47 Å². The van der Waals surface area contributed by atoms with Gasteiger partial charge in [-0.05, 0) is 42.9 Å². The van der Waals surface area contributed by atoms with E-state index in [9.17, 15) is 9.90 Å². The third kappa shape index (κ3) is 4.15. The third-order valence-electron chi connectivity index (χ3n) is 3.34. The summed E-state index contributed by atoms with van der Waals surface area (Å²) in [6.45, 7) is 0. The van der Waals surface area contributed by atoms with Crippen LogP contribution in [0.5, 0.6) is 0 Å². The second kappa shape index (κ2) is 5.67. The van der Waals surface area contributed by atoms with Gasteiger partial charge in [0.25, 0.3) is 0 Å². The maximum absolute atomic E-state index is 11.2. The van der Waals surface area contributed by atoms with Crippen molar-refractivity contribution in [2.24, 2.45) is 11.8 Å². The predicted octanol–water partition coefficient (Wildman–Crippen LogP) is 3.88. The Labute approximate surface area is 110 Å². The second-order valence-electron chi connectivity index (χ2n) is 4.89. The summed E-state index contributed by atoms with van der Waals surface area (Å²) in [4.78, 5) is 11.2. The van der Waals surface area contributed by atoms with Crippen molar-refractivity contribution in [3.63, 3.8) is 0 Å². The van der Waals surface area contributed by atoms with Gasteiger partial charge in [-0.15, -0.1) is 0 Å². The van der Waals surface area contributed by atoms with Crippen LogP contribution in [-0.2, 0) is 11.2 Å². The summed E-state index contributed by atoms with van der Waals surface area (Å²) >= 11 is 3.41. The van der Waals surface area contributed by atoms with E-state index in [0.29, 0.717) is 6.42 Å². The average molecular weight is 297 g/mol. The lowest BCUT2D eigenvalue weighted by Gasteiger charge is -2.12. The smallest absolute Gasteiger partial charge is 0.306 e. The fraction of sp³-hybridized carbons (Fsp3) is 0.500. The Hall–Kier alpha value is -0.830. The topological polar surface area (TPSA) is 37.3 Å². The normalized spacial score (nSPS) is 16.8. The van der Waals surface area contributed by atoms with Crippen LogP contribution in [0.2, 0.25) is 0 Å². The minimum Gasteiger partial charge on any atom is -0.481 e. The molecule has 1 saturated carbocycles. The molecule has 1 aromatic carbocycles. The molecular formula is C14H17BrO2. The predicted molar refractivity (Wildman–Crippen MR) is 70.9 cm³/mol. The summed E-state index contributed by atoms with van der Waals surface area (Å²) in [5.74, 6) is -0.0881. The van der Waals surface area contributed by atoms with E-state index in [1.54, 1.807) is 0 Å². The molecule has 1 atom stereocenters. The number of hydrogen-bond acceptors (Lipinski definition) is 1. The summed E-state index contributed by atoms with van der Waals surface area (Å²) in [7, 11) is 0. The summed E-state index contributed by atoms with van der Waals surface area (Å²) in [5, 5.41) is 9.23. The molecular weight excluding hydrogens is 280 g/mol. The fourth-order valence-corrected chi connectivity index (χ4v) is 2.55. The van der Waals surface area contributed by atoms with Crippen molar-refractivity contribution in [3.8, 4) is 0 Å². The first-order valence-corrected chi connectivity index (χ1v) is 6.91. The summed E-state index contributed by atoms with van der Waals surface area (Å²) in [5.41, 5.74) is 1.10. The van der Waals surface area contributed by atoms with Crippen molar-refractivity contribution in [2.75, 3.05) is 0 Å². The van der Waals surface area contributed by atoms with E-state index in [1.165, 1.54) is 12.8 Å². The van der Waals surface area contributed by atoms with Crippen molar-refractivity contribution in [1.82, 2.24) is 0 Å². The zero-order chi connectivity index (χ0) is 12.3. The Bertz CT molecular complexity index is 399. The van der Waals surface area contributed by atoms with Crippen LogP contribution >= 0.6 is 15.9 Å². The van der Waals surface area contributed by atoms with Crippen LogP contribution in [0.3, 0.4) is 0 Å². The van der Waals surface area contributed by atoms with Crippen molar-refractivity contribution in [1.29, 1.82) is 0 Å². The van der Waals surface area contributed by atoms with Gasteiger partial charge < -0.3 is 5.11 Å². The molecule has 1 N–H and O–H groups in total. The molecule has 0 bridgehead atoms. The van der Waals surface area contributed by atoms with Gasteiger partial charge in [-0.1, -0.05) is 40.9 Å². The summed E-state index contributed by atoms with van der Waals surface area (Å²) in [6, 6.07) is 7.92. The van der Waals surface area contributed by atoms with Gasteiger partial charge in [0.2, 0.25) is 0 Å². The monoisotopic (exact) mass is 296 g/mol. The first kappa shape index (κ1) is 12.6. The molecule has 1 aliphatic carbocycles. The Balaban J connectivity index is 1.93. The molecule has 0 aromatic heterocycles. The molecule has 0 radical (unpaired) electrons. The van der Waals surface area contributed by atoms with Crippen molar-refractivity contribution in [2.45, 2.75) is 32.1 Å². The van der Waals surface area contributed by atoms with Crippen LogP contribution in [0.25, 0.3) is 0 Å². The molecule has 0 amide bonds. The first-order chi connectivity index (χ1) is 8.15. The molecule has 1 unspecified atom stereocenters. The van der Waals surface area contributed by atoms with Crippen LogP contribution in [0.1, 0.15) is 31.2 Å². The van der Waals surface area contributed by atoms with Crippen LogP contribution in [-0.4, -0.2) is 11.1 Å². The Kier molecular flexibility index (Phi) is 4.21. The van der Waals surface area contributed by atoms with Gasteiger partial charge >= 0.3 is 5.97 Å². The number of benzene rings is 1. The fourth-order valence-electron chi connectivity index (χ4n) is 2.10. The van der Waals surface area contributed by atoms with Crippen molar-refractivity contribution < 1.29 is 9.90 Å². The zero-order valence-corrected chi connectivity index (χ0v) is 11.3. The second-order valence-corrected chi connectivity index (χ2v) is 5.81. The van der Waals surface area contributed by atoms with E-state index in [0.717, 1.165) is 28.8 Å². The van der Waals surface area contributed by atoms with E-state index in [-0.39, 0.29) is 5.92 Å². The number of hydrogen-bond donors (Lipinski definition) is 1. The standard InChI is InChI=1S/C14H17BrO2/c15-13-3-1-2-11(9-13)8-12(14(16)17)7-6-10-4-5-10/h1-3,9-10,12H,4-8H2,(H,16,17). The number of aliphatic carboxylic acids is 1. The number of carboxylic acid groups (broad SMARTS) is 1. The Morgan fingerprint density at radius 1 is 1.47 bits per heavy atom. The largest absolute Gasteiger partial charge is 0.481 e. The van der Waals surface area contributed by atoms with Crippen molar-refractivity contribution in [3.05, 3.63) is 34.3 Å². The minimum absolute atomic E-state index is 0.232. The van der Waals surface area contributed by atoms with E-state index in [4.69, 9.17) is 0 Å². The quantitative estimate of drug-likeness (QED) is 0.865. The summed E-state index contributed by atoms with van der Waals surface area (Å²) < 4.78 is 1.02. The SMILES string of the molecule is O=C(O)C(CCC1CC1)Cc1cccc(Br)c1. The first-order valence-electron chi connectivity index (χ1n) is 6.12.